The van der Waals surface area contributed by atoms with Gasteiger partial charge in [0.2, 0.25) is 0 Å². The van der Waals surface area contributed by atoms with Gasteiger partial charge in [-0.15, -0.1) is 0 Å². The van der Waals surface area contributed by atoms with Gasteiger partial charge in [0.25, 0.3) is 0 Å². The van der Waals surface area contributed by atoms with Crippen molar-refractivity contribution in [2.24, 2.45) is 0 Å². The highest BCUT2D eigenvalue weighted by atomic mass is 16.5. The molecule has 0 spiro atoms. The largest absolute Gasteiger partial charge is 0.383 e. The summed E-state index contributed by atoms with van der Waals surface area (Å²) < 4.78 is 10.2. The second-order valence-electron chi connectivity index (χ2n) is 3.56. The van der Waals surface area contributed by atoms with Gasteiger partial charge in [-0.3, -0.25) is 0 Å². The summed E-state index contributed by atoms with van der Waals surface area (Å²) in [5.74, 6) is 0. The number of hydrogen-bond donors (Lipinski definition) is 0. The van der Waals surface area contributed by atoms with Crippen molar-refractivity contribution in [2.45, 2.75) is 0 Å². The SMILES string of the molecule is [CH]c1ccc(N(CCOC)CCOC)cc1. The van der Waals surface area contributed by atoms with Gasteiger partial charge in [-0.2, -0.15) is 0 Å². The monoisotopic (exact) mass is 221 g/mol. The molecule has 0 saturated heterocycles. The lowest BCUT2D eigenvalue weighted by Gasteiger charge is -2.24. The number of methoxy groups -OCH3 is 2. The van der Waals surface area contributed by atoms with Crippen molar-refractivity contribution in [1.29, 1.82) is 0 Å². The van der Waals surface area contributed by atoms with Gasteiger partial charge >= 0.3 is 0 Å². The van der Waals surface area contributed by atoms with Gasteiger partial charge in [0.15, 0.2) is 0 Å². The molecule has 0 atom stereocenters. The van der Waals surface area contributed by atoms with Crippen molar-refractivity contribution in [3.63, 3.8) is 0 Å². The zero-order valence-electron chi connectivity index (χ0n) is 9.98. The first-order valence-electron chi connectivity index (χ1n) is 5.36. The molecular weight excluding hydrogens is 202 g/mol. The van der Waals surface area contributed by atoms with Gasteiger partial charge in [0, 0.05) is 33.0 Å². The Morgan fingerprint density at radius 3 is 1.94 bits per heavy atom. The highest BCUT2D eigenvalue weighted by Gasteiger charge is 2.05. The Bertz CT molecular complexity index is 276. The molecule has 2 radical (unpaired) electrons. The summed E-state index contributed by atoms with van der Waals surface area (Å²) in [5.41, 5.74) is 1.92. The van der Waals surface area contributed by atoms with Crippen LogP contribution in [0.4, 0.5) is 5.69 Å². The van der Waals surface area contributed by atoms with Crippen molar-refractivity contribution in [3.8, 4) is 0 Å². The standard InChI is InChI=1S/C13H19NO2/c1-12-4-6-13(7-5-12)14(8-10-15-2)9-11-16-3/h1,4-7H,8-11H2,2-3H3. The van der Waals surface area contributed by atoms with Crippen LogP contribution in [0.2, 0.25) is 0 Å². The third kappa shape index (κ3) is 4.21. The number of rotatable bonds is 7. The van der Waals surface area contributed by atoms with E-state index in [1.807, 2.05) is 24.3 Å². The molecule has 3 nitrogen and oxygen atoms in total. The molecule has 0 amide bonds. The number of nitrogens with zero attached hydrogens (tertiary/aromatic N) is 1. The van der Waals surface area contributed by atoms with Crippen molar-refractivity contribution in [2.75, 3.05) is 45.4 Å². The highest BCUT2D eigenvalue weighted by Crippen LogP contribution is 2.14. The Hall–Kier alpha value is -1.06. The minimum Gasteiger partial charge on any atom is -0.383 e. The van der Waals surface area contributed by atoms with Crippen molar-refractivity contribution < 1.29 is 9.47 Å². The normalized spacial score (nSPS) is 10.4. The van der Waals surface area contributed by atoms with E-state index in [2.05, 4.69) is 4.90 Å². The van der Waals surface area contributed by atoms with E-state index in [-0.39, 0.29) is 0 Å². The third-order valence-electron chi connectivity index (χ3n) is 2.39. The summed E-state index contributed by atoms with van der Waals surface area (Å²) in [6.45, 7) is 8.77. The first-order valence-corrected chi connectivity index (χ1v) is 5.36. The molecule has 16 heavy (non-hydrogen) atoms. The predicted octanol–water partition coefficient (Wildman–Crippen LogP) is 1.84. The molecule has 0 N–H and O–H groups in total. The van der Waals surface area contributed by atoms with Crippen molar-refractivity contribution in [3.05, 3.63) is 36.8 Å². The molecule has 0 saturated carbocycles. The van der Waals surface area contributed by atoms with Crippen LogP contribution in [0.5, 0.6) is 0 Å². The van der Waals surface area contributed by atoms with Gasteiger partial charge < -0.3 is 14.4 Å². The van der Waals surface area contributed by atoms with Gasteiger partial charge in [0.05, 0.1) is 13.2 Å². The van der Waals surface area contributed by atoms with Gasteiger partial charge in [-0.05, 0) is 24.6 Å². The van der Waals surface area contributed by atoms with Crippen molar-refractivity contribution in [1.82, 2.24) is 0 Å². The number of hydrogen-bond acceptors (Lipinski definition) is 3. The average Bonchev–Trinajstić information content (AvgIpc) is 2.31. The first-order chi connectivity index (χ1) is 7.77. The molecular formula is C13H19NO2. The van der Waals surface area contributed by atoms with E-state index in [0.717, 1.165) is 24.3 Å². The summed E-state index contributed by atoms with van der Waals surface area (Å²) >= 11 is 0. The second kappa shape index (κ2) is 7.25. The predicted molar refractivity (Wildman–Crippen MR) is 65.8 cm³/mol. The second-order valence-corrected chi connectivity index (χ2v) is 3.56. The summed E-state index contributed by atoms with van der Waals surface area (Å²) in [7, 11) is 3.41. The molecule has 0 aliphatic rings. The van der Waals surface area contributed by atoms with Gasteiger partial charge in [0.1, 0.15) is 0 Å². The molecule has 0 aliphatic heterocycles. The van der Waals surface area contributed by atoms with Crippen LogP contribution < -0.4 is 4.90 Å². The molecule has 1 rings (SSSR count). The Balaban J connectivity index is 2.62. The smallest absolute Gasteiger partial charge is 0.0637 e. The Labute approximate surface area is 98.0 Å². The third-order valence-corrected chi connectivity index (χ3v) is 2.39. The molecule has 1 aromatic rings. The fourth-order valence-corrected chi connectivity index (χ4v) is 1.46. The summed E-state index contributed by atoms with van der Waals surface area (Å²) in [4.78, 5) is 2.21. The topological polar surface area (TPSA) is 21.7 Å². The number of benzene rings is 1. The highest BCUT2D eigenvalue weighted by molar-refractivity contribution is 5.48. The minimum absolute atomic E-state index is 0.702. The first kappa shape index (κ1) is 13.0. The van der Waals surface area contributed by atoms with Crippen LogP contribution in [0.3, 0.4) is 0 Å². The fourth-order valence-electron chi connectivity index (χ4n) is 1.46. The van der Waals surface area contributed by atoms with Crippen LogP contribution in [-0.2, 0) is 9.47 Å². The maximum atomic E-state index is 5.66. The van der Waals surface area contributed by atoms with E-state index >= 15 is 0 Å². The Morgan fingerprint density at radius 2 is 1.50 bits per heavy atom. The zero-order chi connectivity index (χ0) is 11.8. The lowest BCUT2D eigenvalue weighted by atomic mass is 10.2. The molecule has 0 heterocycles. The summed E-state index contributed by atoms with van der Waals surface area (Å²) in [6, 6.07) is 7.84. The zero-order valence-corrected chi connectivity index (χ0v) is 9.98. The van der Waals surface area contributed by atoms with Gasteiger partial charge in [-0.1, -0.05) is 12.1 Å². The van der Waals surface area contributed by atoms with Crippen LogP contribution in [0, 0.1) is 6.92 Å². The van der Waals surface area contributed by atoms with Crippen molar-refractivity contribution >= 4 is 5.69 Å². The molecule has 0 unspecified atom stereocenters. The van der Waals surface area contributed by atoms with E-state index in [1.165, 1.54) is 0 Å². The van der Waals surface area contributed by atoms with Crippen LogP contribution in [0.25, 0.3) is 0 Å². The lowest BCUT2D eigenvalue weighted by molar-refractivity contribution is 0.190. The Morgan fingerprint density at radius 1 is 1.00 bits per heavy atom. The lowest BCUT2D eigenvalue weighted by Crippen LogP contribution is -2.30. The number of ether oxygens (including phenoxy) is 2. The molecule has 0 aliphatic carbocycles. The van der Waals surface area contributed by atoms with Crippen LogP contribution in [0.15, 0.2) is 24.3 Å². The van der Waals surface area contributed by atoms with Crippen LogP contribution in [0.1, 0.15) is 5.56 Å². The molecule has 3 heteroatoms. The average molecular weight is 221 g/mol. The molecule has 0 fully saturated rings. The maximum absolute atomic E-state index is 5.66. The fraction of sp³-hybridized carbons (Fsp3) is 0.462. The molecule has 0 aromatic heterocycles. The summed E-state index contributed by atoms with van der Waals surface area (Å²) in [5, 5.41) is 0. The van der Waals surface area contributed by atoms with E-state index in [0.29, 0.717) is 13.2 Å². The molecule has 1 aromatic carbocycles. The number of anilines is 1. The Kier molecular flexibility index (Phi) is 5.90. The van der Waals surface area contributed by atoms with Crippen LogP contribution >= 0.6 is 0 Å². The van der Waals surface area contributed by atoms with E-state index in [4.69, 9.17) is 16.4 Å². The van der Waals surface area contributed by atoms with Gasteiger partial charge in [-0.25, -0.2) is 0 Å². The minimum atomic E-state index is 0.702. The molecule has 88 valence electrons. The molecule has 0 bridgehead atoms. The van der Waals surface area contributed by atoms with E-state index in [1.54, 1.807) is 14.2 Å². The summed E-state index contributed by atoms with van der Waals surface area (Å²) in [6.07, 6.45) is 0. The van der Waals surface area contributed by atoms with E-state index in [9.17, 15) is 0 Å². The quantitative estimate of drug-likeness (QED) is 0.701. The van der Waals surface area contributed by atoms with Crippen LogP contribution in [-0.4, -0.2) is 40.5 Å². The van der Waals surface area contributed by atoms with E-state index < -0.39 is 0 Å². The maximum Gasteiger partial charge on any atom is 0.0637 e.